The van der Waals surface area contributed by atoms with E-state index in [9.17, 15) is 0 Å². The fourth-order valence-electron chi connectivity index (χ4n) is 4.76. The lowest BCUT2D eigenvalue weighted by molar-refractivity contribution is 0.277. The topological polar surface area (TPSA) is 89.5 Å². The summed E-state index contributed by atoms with van der Waals surface area (Å²) in [6.07, 6.45) is 3.47. The first-order valence-electron chi connectivity index (χ1n) is 11.1. The van der Waals surface area contributed by atoms with Crippen molar-refractivity contribution in [2.75, 3.05) is 19.4 Å². The summed E-state index contributed by atoms with van der Waals surface area (Å²) in [5, 5.41) is 13.1. The number of hydrogen-bond acceptors (Lipinski definition) is 7. The summed E-state index contributed by atoms with van der Waals surface area (Å²) < 4.78 is 8.75. The third-order valence-corrected chi connectivity index (χ3v) is 7.63. The molecule has 4 heterocycles. The van der Waals surface area contributed by atoms with Crippen molar-refractivity contribution in [3.63, 3.8) is 0 Å². The van der Waals surface area contributed by atoms with E-state index in [4.69, 9.17) is 10.5 Å². The van der Waals surface area contributed by atoms with Gasteiger partial charge < -0.3 is 21.1 Å². The van der Waals surface area contributed by atoms with Crippen LogP contribution < -0.4 is 21.1 Å². The summed E-state index contributed by atoms with van der Waals surface area (Å²) in [6.45, 7) is 7.57. The highest BCUT2D eigenvalue weighted by Crippen LogP contribution is 2.42. The van der Waals surface area contributed by atoms with Gasteiger partial charge in [0.15, 0.2) is 5.82 Å². The molecule has 1 aliphatic heterocycles. The lowest BCUT2D eigenvalue weighted by atomic mass is 9.99. The maximum atomic E-state index is 6.35. The van der Waals surface area contributed by atoms with Gasteiger partial charge in [0.25, 0.3) is 0 Å². The predicted octanol–water partition coefficient (Wildman–Crippen LogP) is 3.78. The molecule has 1 fully saturated rings. The Kier molecular flexibility index (Phi) is 5.53. The van der Waals surface area contributed by atoms with Crippen molar-refractivity contribution in [2.24, 2.45) is 0 Å². The summed E-state index contributed by atoms with van der Waals surface area (Å²) in [4.78, 5) is 5.43. The average molecular weight is 451 g/mol. The number of piperazine rings is 1. The lowest BCUT2D eigenvalue weighted by Crippen LogP contribution is -2.58. The minimum Gasteiger partial charge on any atom is -0.495 e. The first kappa shape index (κ1) is 21.2. The minimum absolute atomic E-state index is 0.420. The van der Waals surface area contributed by atoms with Gasteiger partial charge in [-0.05, 0) is 62.8 Å². The van der Waals surface area contributed by atoms with Gasteiger partial charge in [-0.15, -0.1) is 11.3 Å². The Hall–Kier alpha value is -2.68. The largest absolute Gasteiger partial charge is 0.495 e. The molecule has 32 heavy (non-hydrogen) atoms. The molecule has 3 unspecified atom stereocenters. The van der Waals surface area contributed by atoms with E-state index in [0.717, 1.165) is 51.5 Å². The number of nitrogen functional groups attached to an aromatic ring is 1. The fourth-order valence-corrected chi connectivity index (χ4v) is 5.91. The van der Waals surface area contributed by atoms with Crippen molar-refractivity contribution < 1.29 is 4.74 Å². The molecule has 4 N–H and O–H groups in total. The number of aryl methyl sites for hydroxylation is 2. The van der Waals surface area contributed by atoms with E-state index in [1.54, 1.807) is 18.4 Å². The summed E-state index contributed by atoms with van der Waals surface area (Å²) in [6, 6.07) is 10.1. The van der Waals surface area contributed by atoms with E-state index in [-0.39, 0.29) is 0 Å². The maximum Gasteiger partial charge on any atom is 0.152 e. The molecule has 3 atom stereocenters. The Bertz CT molecular complexity index is 1280. The number of hydrogen-bond donors (Lipinski definition) is 3. The molecule has 168 valence electrons. The van der Waals surface area contributed by atoms with Gasteiger partial charge in [0, 0.05) is 40.8 Å². The number of nitrogens with one attached hydrogen (secondary N) is 2. The van der Waals surface area contributed by atoms with Crippen molar-refractivity contribution in [3.8, 4) is 16.2 Å². The summed E-state index contributed by atoms with van der Waals surface area (Å²) in [7, 11) is 1.72. The number of benzene rings is 1. The molecular formula is C24H30N6OS. The molecule has 1 aromatic carbocycles. The monoisotopic (exact) mass is 450 g/mol. The Balaban J connectivity index is 1.55. The number of aromatic nitrogens is 3. The van der Waals surface area contributed by atoms with Gasteiger partial charge in [0.2, 0.25) is 0 Å². The van der Waals surface area contributed by atoms with Gasteiger partial charge in [0.1, 0.15) is 17.6 Å². The zero-order valence-corrected chi connectivity index (χ0v) is 19.8. The smallest absolute Gasteiger partial charge is 0.152 e. The van der Waals surface area contributed by atoms with E-state index in [1.165, 1.54) is 17.3 Å². The highest BCUT2D eigenvalue weighted by atomic mass is 32.1. The van der Waals surface area contributed by atoms with Gasteiger partial charge >= 0.3 is 0 Å². The van der Waals surface area contributed by atoms with Gasteiger partial charge in [-0.1, -0.05) is 6.07 Å². The van der Waals surface area contributed by atoms with Gasteiger partial charge in [-0.3, -0.25) is 0 Å². The zero-order valence-electron chi connectivity index (χ0n) is 19.0. The van der Waals surface area contributed by atoms with Crippen LogP contribution in [0, 0.1) is 6.92 Å². The number of thiophene rings is 1. The zero-order chi connectivity index (χ0) is 22.4. The third kappa shape index (κ3) is 3.72. The Morgan fingerprint density at radius 1 is 1.25 bits per heavy atom. The fraction of sp³-hybridized carbons (Fsp3) is 0.417. The average Bonchev–Trinajstić information content (AvgIpc) is 3.36. The number of nitrogens with two attached hydrogens (primary N) is 1. The molecule has 0 saturated carbocycles. The molecule has 1 aliphatic rings. The summed E-state index contributed by atoms with van der Waals surface area (Å²) in [5.41, 5.74) is 10.6. The SMILES string of the molecule is COc1cc(C)cc2cc(-c3cc(CCC4NC(C)CNC4C)n4ncnc(N)c34)sc12. The molecule has 3 aromatic heterocycles. The van der Waals surface area contributed by atoms with Crippen molar-refractivity contribution in [1.82, 2.24) is 25.2 Å². The number of fused-ring (bicyclic) bond motifs is 2. The van der Waals surface area contributed by atoms with Crippen molar-refractivity contribution in [2.45, 2.75) is 51.7 Å². The molecule has 7 nitrogen and oxygen atoms in total. The number of methoxy groups -OCH3 is 1. The molecule has 0 spiro atoms. The molecule has 0 radical (unpaired) electrons. The molecule has 8 heteroatoms. The normalized spacial score (nSPS) is 21.4. The van der Waals surface area contributed by atoms with E-state index in [2.05, 4.69) is 65.8 Å². The molecule has 0 bridgehead atoms. The van der Waals surface area contributed by atoms with Crippen molar-refractivity contribution >= 4 is 32.8 Å². The first-order chi connectivity index (χ1) is 15.4. The minimum atomic E-state index is 0.420. The van der Waals surface area contributed by atoms with Gasteiger partial charge in [-0.2, -0.15) is 5.10 Å². The van der Waals surface area contributed by atoms with Crippen LogP contribution in [0.5, 0.6) is 5.75 Å². The molecule has 4 aromatic rings. The van der Waals surface area contributed by atoms with Crippen LogP contribution >= 0.6 is 11.3 Å². The second-order valence-corrected chi connectivity index (χ2v) is 9.91. The number of nitrogens with zero attached hydrogens (tertiary/aromatic N) is 3. The van der Waals surface area contributed by atoms with Crippen LogP contribution in [0.1, 0.15) is 31.5 Å². The van der Waals surface area contributed by atoms with E-state index in [1.807, 2.05) is 4.52 Å². The van der Waals surface area contributed by atoms with Crippen molar-refractivity contribution in [3.05, 3.63) is 41.9 Å². The van der Waals surface area contributed by atoms with Crippen LogP contribution in [0.25, 0.3) is 26.0 Å². The van der Waals surface area contributed by atoms with E-state index >= 15 is 0 Å². The summed E-state index contributed by atoms with van der Waals surface area (Å²) >= 11 is 1.72. The van der Waals surface area contributed by atoms with Crippen LogP contribution in [0.3, 0.4) is 0 Å². The van der Waals surface area contributed by atoms with E-state index in [0.29, 0.717) is 23.9 Å². The lowest BCUT2D eigenvalue weighted by Gasteiger charge is -2.35. The predicted molar refractivity (Wildman–Crippen MR) is 132 cm³/mol. The van der Waals surface area contributed by atoms with Crippen LogP contribution in [0.4, 0.5) is 5.82 Å². The molecule has 0 amide bonds. The van der Waals surface area contributed by atoms with Crippen LogP contribution in [-0.2, 0) is 6.42 Å². The quantitative estimate of drug-likeness (QED) is 0.429. The molecule has 0 aliphatic carbocycles. The Morgan fingerprint density at radius 3 is 2.91 bits per heavy atom. The molecule has 1 saturated heterocycles. The maximum absolute atomic E-state index is 6.35. The molecular weight excluding hydrogens is 420 g/mol. The molecule has 5 rings (SSSR count). The second kappa shape index (κ2) is 8.35. The number of rotatable bonds is 5. The van der Waals surface area contributed by atoms with Gasteiger partial charge in [0.05, 0.1) is 11.8 Å². The first-order valence-corrected chi connectivity index (χ1v) is 12.0. The summed E-state index contributed by atoms with van der Waals surface area (Å²) in [5.74, 6) is 1.41. The standard InChI is InChI=1S/C24H30N6OS/c1-13-7-16-9-21(32-23(16)20(8-13)31-4)18-10-17(30-22(18)24(25)27-12-28-30)5-6-19-15(3)26-11-14(2)29-19/h7-10,12,14-15,19,26,29H,5-6,11H2,1-4H3,(H2,25,27,28). The second-order valence-electron chi connectivity index (χ2n) is 8.86. The third-order valence-electron chi connectivity index (χ3n) is 6.43. The highest BCUT2D eigenvalue weighted by molar-refractivity contribution is 7.22. The number of anilines is 1. The van der Waals surface area contributed by atoms with Crippen LogP contribution in [-0.4, -0.2) is 46.4 Å². The van der Waals surface area contributed by atoms with E-state index < -0.39 is 0 Å². The Labute approximate surface area is 192 Å². The Morgan fingerprint density at radius 2 is 2.09 bits per heavy atom. The van der Waals surface area contributed by atoms with Crippen LogP contribution in [0.2, 0.25) is 0 Å². The highest BCUT2D eigenvalue weighted by Gasteiger charge is 2.25. The number of ether oxygens (including phenoxy) is 1. The van der Waals surface area contributed by atoms with Gasteiger partial charge in [-0.25, -0.2) is 9.50 Å². The van der Waals surface area contributed by atoms with Crippen LogP contribution in [0.15, 0.2) is 30.6 Å². The van der Waals surface area contributed by atoms with Crippen molar-refractivity contribution in [1.29, 1.82) is 0 Å².